The van der Waals surface area contributed by atoms with E-state index in [1.165, 1.54) is 23.6 Å². The molecule has 3 aromatic rings. The summed E-state index contributed by atoms with van der Waals surface area (Å²) < 4.78 is 5.41. The number of fused-ring (bicyclic) bond motifs is 1. The van der Waals surface area contributed by atoms with Gasteiger partial charge in [-0.2, -0.15) is 0 Å². The third-order valence-electron chi connectivity index (χ3n) is 6.19. The summed E-state index contributed by atoms with van der Waals surface area (Å²) in [6.07, 6.45) is 6.00. The molecule has 33 heavy (non-hydrogen) atoms. The van der Waals surface area contributed by atoms with Crippen LogP contribution in [-0.2, 0) is 17.8 Å². The number of amides is 1. The fourth-order valence-corrected chi connectivity index (χ4v) is 5.32. The van der Waals surface area contributed by atoms with E-state index in [4.69, 9.17) is 4.74 Å². The predicted molar refractivity (Wildman–Crippen MR) is 130 cm³/mol. The first-order chi connectivity index (χ1) is 16.0. The maximum Gasteiger partial charge on any atom is 0.225 e. The van der Waals surface area contributed by atoms with Crippen LogP contribution >= 0.6 is 11.3 Å². The van der Waals surface area contributed by atoms with Crippen molar-refractivity contribution in [3.8, 4) is 21.9 Å². The summed E-state index contributed by atoms with van der Waals surface area (Å²) in [4.78, 5) is 29.3. The van der Waals surface area contributed by atoms with Gasteiger partial charge in [-0.25, -0.2) is 0 Å². The van der Waals surface area contributed by atoms with E-state index < -0.39 is 0 Å². The fraction of sp³-hybridized carbons (Fsp3) is 0.259. The van der Waals surface area contributed by atoms with Crippen molar-refractivity contribution in [1.82, 2.24) is 4.90 Å². The molecule has 168 valence electrons. The van der Waals surface area contributed by atoms with E-state index in [-0.39, 0.29) is 23.4 Å². The Balaban J connectivity index is 1.43. The quantitative estimate of drug-likeness (QED) is 0.400. The van der Waals surface area contributed by atoms with Crippen LogP contribution in [0.15, 0.2) is 54.6 Å². The maximum atomic E-state index is 12.5. The second-order valence-electron chi connectivity index (χ2n) is 8.52. The second kappa shape index (κ2) is 8.87. The van der Waals surface area contributed by atoms with Gasteiger partial charge in [-0.05, 0) is 60.7 Å². The number of carbonyl (C=O) groups excluding carboxylic acids is 2. The molecule has 1 amide bonds. The molecular formula is C27H25NO4S. The van der Waals surface area contributed by atoms with Crippen LogP contribution in [0, 0.1) is 5.92 Å². The van der Waals surface area contributed by atoms with Crippen molar-refractivity contribution < 1.29 is 19.4 Å². The number of allylic oxidation sites excluding steroid dienone is 1. The first kappa shape index (κ1) is 21.5. The lowest BCUT2D eigenvalue weighted by Crippen LogP contribution is -2.36. The van der Waals surface area contributed by atoms with Crippen LogP contribution in [0.25, 0.3) is 16.5 Å². The van der Waals surface area contributed by atoms with Crippen LogP contribution in [-0.4, -0.2) is 35.4 Å². The lowest BCUT2D eigenvalue weighted by Gasteiger charge is -2.27. The van der Waals surface area contributed by atoms with Crippen molar-refractivity contribution in [1.29, 1.82) is 0 Å². The minimum atomic E-state index is -0.133. The summed E-state index contributed by atoms with van der Waals surface area (Å²) >= 11 is 1.72. The number of thiophene rings is 1. The van der Waals surface area contributed by atoms with Crippen molar-refractivity contribution >= 4 is 29.1 Å². The molecule has 0 radical (unpaired) electrons. The zero-order valence-corrected chi connectivity index (χ0v) is 19.2. The number of carbonyl (C=O) groups is 2. The summed E-state index contributed by atoms with van der Waals surface area (Å²) in [5.74, 6) is 0.748. The highest BCUT2D eigenvalue weighted by Gasteiger charge is 2.35. The zero-order chi connectivity index (χ0) is 22.9. The largest absolute Gasteiger partial charge is 0.504 e. The Labute approximate surface area is 196 Å². The molecular weight excluding hydrogens is 434 g/mol. The Hall–Kier alpha value is -3.38. The molecule has 2 aliphatic rings. The van der Waals surface area contributed by atoms with Crippen LogP contribution in [0.4, 0.5) is 0 Å². The third kappa shape index (κ3) is 4.44. The number of rotatable bonds is 6. The molecule has 0 bridgehead atoms. The highest BCUT2D eigenvalue weighted by molar-refractivity contribution is 7.15. The van der Waals surface area contributed by atoms with Gasteiger partial charge in [0, 0.05) is 39.9 Å². The standard InChI is InChI=1S/C27H25NO4S/c1-32-23-14-20(13-19(26(23)30)9-10-22(29)17-5-3-2-4-6-17)25-15-21-16-28(12-11-24(21)33-25)27(31)18-7-8-18/h2-6,9-10,13-15,18,30H,7-8,11-12,16H2,1H3/b10-9+. The molecule has 0 unspecified atom stereocenters. The van der Waals surface area contributed by atoms with Crippen LogP contribution in [0.5, 0.6) is 11.5 Å². The number of ether oxygens (including phenoxy) is 1. The van der Waals surface area contributed by atoms with Gasteiger partial charge in [0.05, 0.1) is 7.11 Å². The normalized spacial score (nSPS) is 15.5. The molecule has 1 aromatic heterocycles. The van der Waals surface area contributed by atoms with Crippen molar-refractivity contribution in [3.05, 3.63) is 76.2 Å². The molecule has 1 saturated carbocycles. The number of phenols is 1. The summed E-state index contributed by atoms with van der Waals surface area (Å²) in [5, 5.41) is 10.6. The van der Waals surface area contributed by atoms with Crippen molar-refractivity contribution in [3.63, 3.8) is 0 Å². The smallest absolute Gasteiger partial charge is 0.225 e. The number of hydrogen-bond donors (Lipinski definition) is 1. The number of ketones is 1. The van der Waals surface area contributed by atoms with Gasteiger partial charge in [-0.15, -0.1) is 11.3 Å². The Bertz CT molecular complexity index is 1240. The molecule has 0 spiro atoms. The van der Waals surface area contributed by atoms with Gasteiger partial charge >= 0.3 is 0 Å². The Morgan fingerprint density at radius 2 is 1.94 bits per heavy atom. The molecule has 5 rings (SSSR count). The number of nitrogens with zero attached hydrogens (tertiary/aromatic N) is 1. The number of phenolic OH excluding ortho intramolecular Hbond substituents is 1. The van der Waals surface area contributed by atoms with Crippen LogP contribution in [0.1, 0.15) is 39.2 Å². The van der Waals surface area contributed by atoms with Gasteiger partial charge in [-0.3, -0.25) is 9.59 Å². The Morgan fingerprint density at radius 3 is 2.67 bits per heavy atom. The molecule has 2 heterocycles. The summed E-state index contributed by atoms with van der Waals surface area (Å²) in [7, 11) is 1.52. The van der Waals surface area contributed by atoms with E-state index in [2.05, 4.69) is 6.07 Å². The van der Waals surface area contributed by atoms with E-state index in [1.54, 1.807) is 29.5 Å². The Kier molecular flexibility index (Phi) is 5.77. The van der Waals surface area contributed by atoms with E-state index in [9.17, 15) is 14.7 Å². The zero-order valence-electron chi connectivity index (χ0n) is 18.4. The molecule has 1 fully saturated rings. The van der Waals surface area contributed by atoms with Gasteiger partial charge in [0.2, 0.25) is 5.91 Å². The van der Waals surface area contributed by atoms with Crippen LogP contribution < -0.4 is 4.74 Å². The Morgan fingerprint density at radius 1 is 1.15 bits per heavy atom. The molecule has 2 aromatic carbocycles. The van der Waals surface area contributed by atoms with Crippen LogP contribution in [0.3, 0.4) is 0 Å². The number of benzene rings is 2. The van der Waals surface area contributed by atoms with Gasteiger partial charge in [0.25, 0.3) is 0 Å². The molecule has 0 saturated heterocycles. The van der Waals surface area contributed by atoms with E-state index >= 15 is 0 Å². The number of methoxy groups -OCH3 is 1. The average molecular weight is 460 g/mol. The first-order valence-corrected chi connectivity index (χ1v) is 11.9. The predicted octanol–water partition coefficient (Wildman–Crippen LogP) is 5.32. The van der Waals surface area contributed by atoms with E-state index in [0.29, 0.717) is 23.4 Å². The van der Waals surface area contributed by atoms with E-state index in [1.807, 2.05) is 35.2 Å². The minimum Gasteiger partial charge on any atom is -0.504 e. The van der Waals surface area contributed by atoms with E-state index in [0.717, 1.165) is 36.2 Å². The van der Waals surface area contributed by atoms with Crippen molar-refractivity contribution in [2.24, 2.45) is 5.92 Å². The van der Waals surface area contributed by atoms with Crippen LogP contribution in [0.2, 0.25) is 0 Å². The molecule has 6 heteroatoms. The molecule has 1 aliphatic carbocycles. The highest BCUT2D eigenvalue weighted by Crippen LogP contribution is 2.41. The molecule has 0 atom stereocenters. The molecule has 1 aliphatic heterocycles. The minimum absolute atomic E-state index is 0.000821. The lowest BCUT2D eigenvalue weighted by molar-refractivity contribution is -0.133. The lowest BCUT2D eigenvalue weighted by atomic mass is 10.0. The fourth-order valence-electron chi connectivity index (χ4n) is 4.17. The summed E-state index contributed by atoms with van der Waals surface area (Å²) in [6.45, 7) is 1.44. The SMILES string of the molecule is COc1cc(-c2cc3c(s2)CCN(C(=O)C2CC2)C3)cc(/C=C/C(=O)c2ccccc2)c1O. The third-order valence-corrected chi connectivity index (χ3v) is 7.47. The number of hydrogen-bond acceptors (Lipinski definition) is 5. The molecule has 1 N–H and O–H groups in total. The molecule has 5 nitrogen and oxygen atoms in total. The van der Waals surface area contributed by atoms with Crippen molar-refractivity contribution in [2.45, 2.75) is 25.8 Å². The highest BCUT2D eigenvalue weighted by atomic mass is 32.1. The van der Waals surface area contributed by atoms with Gasteiger partial charge in [0.1, 0.15) is 0 Å². The first-order valence-electron chi connectivity index (χ1n) is 11.1. The van der Waals surface area contributed by atoms with Gasteiger partial charge in [-0.1, -0.05) is 30.3 Å². The van der Waals surface area contributed by atoms with Gasteiger partial charge in [0.15, 0.2) is 17.3 Å². The average Bonchev–Trinajstić information content (AvgIpc) is 3.61. The van der Waals surface area contributed by atoms with Crippen molar-refractivity contribution in [2.75, 3.05) is 13.7 Å². The van der Waals surface area contributed by atoms with Gasteiger partial charge < -0.3 is 14.7 Å². The maximum absolute atomic E-state index is 12.5. The summed E-state index contributed by atoms with van der Waals surface area (Å²) in [6, 6.07) is 14.9. The summed E-state index contributed by atoms with van der Waals surface area (Å²) in [5.41, 5.74) is 3.22. The monoisotopic (exact) mass is 459 g/mol. The second-order valence-corrected chi connectivity index (χ2v) is 9.66. The topological polar surface area (TPSA) is 66.8 Å². The number of aromatic hydroxyl groups is 1.